The lowest BCUT2D eigenvalue weighted by molar-refractivity contribution is 0.453. The van der Waals surface area contributed by atoms with Gasteiger partial charge in [-0.2, -0.15) is 15.0 Å². The molecule has 0 saturated carbocycles. The third-order valence-electron chi connectivity index (χ3n) is 4.50. The zero-order valence-electron chi connectivity index (χ0n) is 15.9. The number of nitrogens with zero attached hydrogens (tertiary/aromatic N) is 3. The highest BCUT2D eigenvalue weighted by molar-refractivity contribution is 5.60. The molecule has 1 N–H and O–H groups in total. The number of hydrogen-bond donors (Lipinski definition) is 1. The van der Waals surface area contributed by atoms with E-state index in [-0.39, 0.29) is 6.04 Å². The van der Waals surface area contributed by atoms with Crippen molar-refractivity contribution in [3.63, 3.8) is 0 Å². The topological polar surface area (TPSA) is 42.7 Å². The van der Waals surface area contributed by atoms with E-state index in [0.717, 1.165) is 29.8 Å². The van der Waals surface area contributed by atoms with Crippen molar-refractivity contribution >= 4 is 0 Å². The summed E-state index contributed by atoms with van der Waals surface area (Å²) in [5.41, 5.74) is 4.41. The van der Waals surface area contributed by atoms with Crippen molar-refractivity contribution in [2.24, 2.45) is 0 Å². The van der Waals surface area contributed by atoms with Crippen LogP contribution in [0, 0.1) is 0 Å². The molecule has 1 heterocycles. The summed E-state index contributed by atoms with van der Waals surface area (Å²) in [6, 6.07) is 21.5. The molecule has 0 bridgehead atoms. The smallest absolute Gasteiger partial charge is 0.117 e. The van der Waals surface area contributed by atoms with Crippen LogP contribution in [0.1, 0.15) is 57.0 Å². The van der Waals surface area contributed by atoms with Crippen LogP contribution in [0.2, 0.25) is 0 Å². The first-order valence-corrected chi connectivity index (χ1v) is 9.48. The van der Waals surface area contributed by atoms with E-state index in [1.807, 2.05) is 23.0 Å². The summed E-state index contributed by atoms with van der Waals surface area (Å²) in [5.74, 6) is 0. The van der Waals surface area contributed by atoms with Crippen LogP contribution in [0.15, 0.2) is 60.7 Å². The van der Waals surface area contributed by atoms with Crippen molar-refractivity contribution in [1.82, 2.24) is 20.3 Å². The first kappa shape index (κ1) is 18.3. The lowest BCUT2D eigenvalue weighted by Crippen LogP contribution is -2.21. The molecule has 0 aliphatic carbocycles. The average molecular weight is 348 g/mol. The summed E-state index contributed by atoms with van der Waals surface area (Å²) in [4.78, 5) is 1.82. The largest absolute Gasteiger partial charge is 0.304 e. The molecule has 0 fully saturated rings. The van der Waals surface area contributed by atoms with E-state index in [0.29, 0.717) is 12.6 Å². The normalized spacial score (nSPS) is 12.5. The standard InChI is InChI=1S/C22H28N4/c1-4-11-20(18-12-7-5-8-13-18)23-16-21-22(19-14-9-6-10-15-19)25-26(24-21)17(2)3/h5-10,12-15,17,20,23H,4,11,16H2,1-3H3/t20-/m0/s1. The van der Waals surface area contributed by atoms with Gasteiger partial charge in [0.1, 0.15) is 11.4 Å². The molecule has 0 radical (unpaired) electrons. The first-order chi connectivity index (χ1) is 12.7. The lowest BCUT2D eigenvalue weighted by Gasteiger charge is -2.18. The summed E-state index contributed by atoms with van der Waals surface area (Å²) in [5, 5.41) is 13.2. The molecule has 1 aromatic heterocycles. The molecule has 0 saturated heterocycles. The zero-order valence-corrected chi connectivity index (χ0v) is 15.9. The van der Waals surface area contributed by atoms with Crippen LogP contribution in [-0.2, 0) is 6.54 Å². The Morgan fingerprint density at radius 1 is 0.923 bits per heavy atom. The third-order valence-corrected chi connectivity index (χ3v) is 4.50. The molecule has 4 heteroatoms. The summed E-state index contributed by atoms with van der Waals surface area (Å²) in [6.45, 7) is 7.14. The minimum absolute atomic E-state index is 0.242. The van der Waals surface area contributed by atoms with Gasteiger partial charge in [-0.3, -0.25) is 0 Å². The molecule has 3 aromatic rings. The molecule has 0 spiro atoms. The molecule has 0 unspecified atom stereocenters. The highest BCUT2D eigenvalue weighted by Crippen LogP contribution is 2.23. The average Bonchev–Trinajstić information content (AvgIpc) is 3.11. The number of benzene rings is 2. The van der Waals surface area contributed by atoms with Gasteiger partial charge < -0.3 is 5.32 Å². The number of rotatable bonds is 8. The molecule has 4 nitrogen and oxygen atoms in total. The van der Waals surface area contributed by atoms with Crippen LogP contribution in [0.5, 0.6) is 0 Å². The Morgan fingerprint density at radius 2 is 1.58 bits per heavy atom. The summed E-state index contributed by atoms with van der Waals surface area (Å²) in [6.07, 6.45) is 2.24. The van der Waals surface area contributed by atoms with Gasteiger partial charge in [-0.05, 0) is 25.8 Å². The van der Waals surface area contributed by atoms with Crippen LogP contribution in [-0.4, -0.2) is 15.0 Å². The van der Waals surface area contributed by atoms with Crippen molar-refractivity contribution in [1.29, 1.82) is 0 Å². The van der Waals surface area contributed by atoms with Crippen molar-refractivity contribution in [3.8, 4) is 11.3 Å². The maximum atomic E-state index is 4.75. The van der Waals surface area contributed by atoms with E-state index in [1.54, 1.807) is 0 Å². The van der Waals surface area contributed by atoms with Gasteiger partial charge in [-0.25, -0.2) is 0 Å². The van der Waals surface area contributed by atoms with Gasteiger partial charge in [0, 0.05) is 18.2 Å². The zero-order chi connectivity index (χ0) is 18.4. The molecule has 2 aromatic carbocycles. The predicted octanol–water partition coefficient (Wildman–Crippen LogP) is 5.16. The Labute approximate surface area is 156 Å². The number of hydrogen-bond acceptors (Lipinski definition) is 3. The molecule has 26 heavy (non-hydrogen) atoms. The molecule has 3 rings (SSSR count). The number of nitrogens with one attached hydrogen (secondary N) is 1. The number of aromatic nitrogens is 3. The highest BCUT2D eigenvalue weighted by atomic mass is 15.5. The van der Waals surface area contributed by atoms with Crippen LogP contribution in [0.4, 0.5) is 0 Å². The molecule has 136 valence electrons. The van der Waals surface area contributed by atoms with Crippen molar-refractivity contribution in [2.45, 2.75) is 52.2 Å². The van der Waals surface area contributed by atoms with E-state index >= 15 is 0 Å². The SMILES string of the molecule is CCC[C@H](NCc1nn(C(C)C)nc1-c1ccccc1)c1ccccc1. The van der Waals surface area contributed by atoms with E-state index in [9.17, 15) is 0 Å². The highest BCUT2D eigenvalue weighted by Gasteiger charge is 2.17. The summed E-state index contributed by atoms with van der Waals surface area (Å²) in [7, 11) is 0. The van der Waals surface area contributed by atoms with E-state index in [1.165, 1.54) is 5.56 Å². The molecule has 0 amide bonds. The molecule has 1 atom stereocenters. The first-order valence-electron chi connectivity index (χ1n) is 9.48. The molecule has 0 aliphatic rings. The van der Waals surface area contributed by atoms with Gasteiger partial charge in [0.2, 0.25) is 0 Å². The van der Waals surface area contributed by atoms with E-state index in [4.69, 9.17) is 10.2 Å². The fourth-order valence-corrected chi connectivity index (χ4v) is 3.10. The minimum Gasteiger partial charge on any atom is -0.304 e. The second-order valence-corrected chi connectivity index (χ2v) is 6.91. The molecule has 0 aliphatic heterocycles. The van der Waals surface area contributed by atoms with Gasteiger partial charge in [0.05, 0.1) is 6.04 Å². The van der Waals surface area contributed by atoms with Crippen molar-refractivity contribution < 1.29 is 0 Å². The predicted molar refractivity (Wildman–Crippen MR) is 107 cm³/mol. The Bertz CT molecular complexity index is 794. The maximum Gasteiger partial charge on any atom is 0.117 e. The van der Waals surface area contributed by atoms with E-state index < -0.39 is 0 Å². The van der Waals surface area contributed by atoms with Crippen molar-refractivity contribution in [3.05, 3.63) is 71.9 Å². The molecular weight excluding hydrogens is 320 g/mol. The van der Waals surface area contributed by atoms with Crippen LogP contribution in [0.3, 0.4) is 0 Å². The Morgan fingerprint density at radius 3 is 2.19 bits per heavy atom. The van der Waals surface area contributed by atoms with Gasteiger partial charge in [0.15, 0.2) is 0 Å². The quantitative estimate of drug-likeness (QED) is 0.611. The third kappa shape index (κ3) is 4.38. The monoisotopic (exact) mass is 348 g/mol. The van der Waals surface area contributed by atoms with Gasteiger partial charge >= 0.3 is 0 Å². The minimum atomic E-state index is 0.242. The van der Waals surface area contributed by atoms with Crippen LogP contribution in [0.25, 0.3) is 11.3 Å². The lowest BCUT2D eigenvalue weighted by atomic mass is 10.0. The van der Waals surface area contributed by atoms with Crippen LogP contribution < -0.4 is 5.32 Å². The van der Waals surface area contributed by atoms with Gasteiger partial charge in [-0.15, -0.1) is 0 Å². The van der Waals surface area contributed by atoms with Gasteiger partial charge in [-0.1, -0.05) is 74.0 Å². The maximum absolute atomic E-state index is 4.75. The fraction of sp³-hybridized carbons (Fsp3) is 0.364. The second kappa shape index (κ2) is 8.77. The Kier molecular flexibility index (Phi) is 6.18. The fourth-order valence-electron chi connectivity index (χ4n) is 3.10. The van der Waals surface area contributed by atoms with Gasteiger partial charge in [0.25, 0.3) is 0 Å². The summed E-state index contributed by atoms with van der Waals surface area (Å²) < 4.78 is 0. The second-order valence-electron chi connectivity index (χ2n) is 6.91. The Hall–Kier alpha value is -2.46. The van der Waals surface area contributed by atoms with Crippen molar-refractivity contribution in [2.75, 3.05) is 0 Å². The summed E-state index contributed by atoms with van der Waals surface area (Å²) >= 11 is 0. The molecular formula is C22H28N4. The Balaban J connectivity index is 1.84. The van der Waals surface area contributed by atoms with Crippen LogP contribution >= 0.6 is 0 Å². The van der Waals surface area contributed by atoms with E-state index in [2.05, 4.69) is 68.6 Å².